The third kappa shape index (κ3) is 5.31. The standard InChI is InChI=1S/C34H28N4O2/c1-21-31(33(39)25-13-5-6-14-25)22(2)36-29-19-11-12-20-30(29)38-24(4)32(34(40)26-15-7-8-16-26)23(3)37-28-18-10-9-17-27(28)35-21/h5-13,15,17-20,39-40H,1-4H3. The Bertz CT molecular complexity index is 1790. The Hall–Kier alpha value is -5.28. The summed E-state index contributed by atoms with van der Waals surface area (Å²) in [6.07, 6.45) is 10.7. The van der Waals surface area contributed by atoms with E-state index in [0.717, 1.165) is 0 Å². The summed E-state index contributed by atoms with van der Waals surface area (Å²) in [5.41, 5.74) is 11.9. The Balaban J connectivity index is 2.09. The Morgan fingerprint density at radius 3 is 1.07 bits per heavy atom. The molecule has 2 N–H and O–H groups in total. The molecule has 2 aromatic carbocycles. The van der Waals surface area contributed by atoms with E-state index in [1.165, 1.54) is 0 Å². The maximum absolute atomic E-state index is 11.3. The van der Waals surface area contributed by atoms with Crippen molar-refractivity contribution in [1.82, 2.24) is 19.9 Å². The highest BCUT2D eigenvalue weighted by Crippen LogP contribution is 2.14. The van der Waals surface area contributed by atoms with Gasteiger partial charge in [-0.15, -0.1) is 11.5 Å². The number of fused-ring (bicyclic) bond motifs is 2. The van der Waals surface area contributed by atoms with Crippen molar-refractivity contribution in [3.63, 3.8) is 0 Å². The molecule has 0 unspecified atom stereocenters. The molecule has 2 aliphatic rings. The van der Waals surface area contributed by atoms with Gasteiger partial charge < -0.3 is 10.2 Å². The Morgan fingerprint density at radius 1 is 0.525 bits per heavy atom. The Kier molecular flexibility index (Phi) is 7.39. The summed E-state index contributed by atoms with van der Waals surface area (Å²) in [4.78, 5) is 19.6. The molecule has 0 radical (unpaired) electrons. The lowest BCUT2D eigenvalue weighted by molar-refractivity contribution is 0.505. The number of hydrogen-bond acceptors (Lipinski definition) is 6. The van der Waals surface area contributed by atoms with E-state index in [2.05, 4.69) is 11.5 Å². The van der Waals surface area contributed by atoms with Crippen molar-refractivity contribution < 1.29 is 10.2 Å². The zero-order valence-electron chi connectivity index (χ0n) is 22.8. The zero-order valence-corrected chi connectivity index (χ0v) is 22.8. The molecule has 0 aliphatic heterocycles. The number of nitrogens with zero attached hydrogens (tertiary/aromatic N) is 4. The molecule has 1 heterocycles. The molecule has 2 aliphatic carbocycles. The van der Waals surface area contributed by atoms with Crippen LogP contribution in [-0.4, -0.2) is 30.1 Å². The van der Waals surface area contributed by atoms with E-state index in [9.17, 15) is 10.2 Å². The molecule has 6 nitrogen and oxygen atoms in total. The quantitative estimate of drug-likeness (QED) is 0.419. The molecular weight excluding hydrogens is 496 g/mol. The number of aromatic nitrogens is 4. The lowest BCUT2D eigenvalue weighted by Crippen LogP contribution is -2.17. The molecule has 3 aromatic rings. The maximum Gasteiger partial charge on any atom is 0.141 e. The lowest BCUT2D eigenvalue weighted by Gasteiger charge is -2.04. The van der Waals surface area contributed by atoms with Gasteiger partial charge in [-0.2, -0.15) is 0 Å². The van der Waals surface area contributed by atoms with Crippen LogP contribution in [0.5, 0.6) is 0 Å². The Morgan fingerprint density at radius 2 is 0.825 bits per heavy atom. The first kappa shape index (κ1) is 26.3. The molecule has 0 atom stereocenters. The molecular formula is C34H28N4O2. The van der Waals surface area contributed by atoms with Crippen molar-refractivity contribution in [3.05, 3.63) is 141 Å². The van der Waals surface area contributed by atoms with Crippen LogP contribution in [-0.2, 0) is 0 Å². The molecule has 0 saturated carbocycles. The fourth-order valence-corrected chi connectivity index (χ4v) is 4.69. The maximum atomic E-state index is 11.3. The van der Waals surface area contributed by atoms with E-state index < -0.39 is 0 Å². The number of aryl methyl sites for hydroxylation is 4. The number of aliphatic hydroxyl groups is 2. The fourth-order valence-electron chi connectivity index (χ4n) is 4.69. The van der Waals surface area contributed by atoms with Crippen LogP contribution in [0.2, 0.25) is 0 Å². The third-order valence-corrected chi connectivity index (χ3v) is 6.54. The first-order valence-corrected chi connectivity index (χ1v) is 12.9. The van der Waals surface area contributed by atoms with Crippen LogP contribution in [0, 0.1) is 27.7 Å². The van der Waals surface area contributed by atoms with Crippen molar-refractivity contribution in [3.8, 4) is 0 Å². The van der Waals surface area contributed by atoms with E-state index in [1.807, 2.05) is 88.4 Å². The van der Waals surface area contributed by atoms with Gasteiger partial charge in [0.25, 0.3) is 0 Å². The van der Waals surface area contributed by atoms with Crippen molar-refractivity contribution >= 4 is 33.6 Å². The minimum absolute atomic E-state index is 0.0370. The number of para-hydroxylation sites is 4. The van der Waals surface area contributed by atoms with Crippen LogP contribution in [0.25, 0.3) is 33.6 Å². The van der Waals surface area contributed by atoms with Gasteiger partial charge in [-0.1, -0.05) is 36.4 Å². The minimum Gasteiger partial charge on any atom is -0.506 e. The summed E-state index contributed by atoms with van der Waals surface area (Å²) in [7, 11) is 0. The van der Waals surface area contributed by atoms with Crippen LogP contribution in [0.15, 0.2) is 108 Å². The van der Waals surface area contributed by atoms with Crippen LogP contribution in [0.4, 0.5) is 0 Å². The lowest BCUT2D eigenvalue weighted by atomic mass is 10.1. The van der Waals surface area contributed by atoms with Crippen molar-refractivity contribution in [2.24, 2.45) is 0 Å². The molecule has 0 fully saturated rings. The second-order valence-corrected chi connectivity index (χ2v) is 9.38. The summed E-state index contributed by atoms with van der Waals surface area (Å²) in [6, 6.07) is 15.0. The van der Waals surface area contributed by atoms with Crippen molar-refractivity contribution in [1.29, 1.82) is 0 Å². The second-order valence-electron chi connectivity index (χ2n) is 9.38. The molecule has 196 valence electrons. The highest BCUT2D eigenvalue weighted by molar-refractivity contribution is 5.75. The van der Waals surface area contributed by atoms with Crippen molar-refractivity contribution in [2.75, 3.05) is 0 Å². The number of hydrogen-bond donors (Lipinski definition) is 2. The van der Waals surface area contributed by atoms with E-state index >= 15 is 0 Å². The van der Waals surface area contributed by atoms with Gasteiger partial charge >= 0.3 is 0 Å². The van der Waals surface area contributed by atoms with E-state index in [4.69, 9.17) is 19.9 Å². The number of benzene rings is 2. The van der Waals surface area contributed by atoms with Gasteiger partial charge in [0.2, 0.25) is 0 Å². The predicted octanol–water partition coefficient (Wildman–Crippen LogP) is 5.69. The monoisotopic (exact) mass is 524 g/mol. The molecule has 5 rings (SSSR count). The largest absolute Gasteiger partial charge is 0.506 e. The molecule has 0 spiro atoms. The average molecular weight is 525 g/mol. The molecule has 0 bridgehead atoms. The molecule has 6 heteroatoms. The number of aliphatic hydroxyl groups excluding tert-OH is 2. The van der Waals surface area contributed by atoms with Crippen LogP contribution < -0.4 is 10.4 Å². The van der Waals surface area contributed by atoms with Gasteiger partial charge in [0.1, 0.15) is 11.5 Å². The third-order valence-electron chi connectivity index (χ3n) is 6.54. The van der Waals surface area contributed by atoms with Gasteiger partial charge in [0, 0.05) is 0 Å². The second kappa shape index (κ2) is 11.2. The summed E-state index contributed by atoms with van der Waals surface area (Å²) in [5, 5.41) is 23.7. The fraction of sp³-hybridized carbons (Fsp3) is 0.118. The Labute approximate surface area is 232 Å². The van der Waals surface area contributed by atoms with Crippen LogP contribution >= 0.6 is 0 Å². The van der Waals surface area contributed by atoms with Gasteiger partial charge in [0.15, 0.2) is 0 Å². The summed E-state index contributed by atoms with van der Waals surface area (Å²) in [5.74, 6) is 0.0741. The van der Waals surface area contributed by atoms with Gasteiger partial charge in [-0.3, -0.25) is 19.9 Å². The van der Waals surface area contributed by atoms with E-state index in [1.54, 1.807) is 24.3 Å². The van der Waals surface area contributed by atoms with Gasteiger partial charge in [0.05, 0.1) is 66.4 Å². The summed E-state index contributed by atoms with van der Waals surface area (Å²) in [6.45, 7) is 7.35. The SMILES string of the molecule is Cc1nc2ccccc2nc(C)c(=C(O)C2=C=CC=C2)c(C)nc2ccccc2nc(C)c1=C(O)C1=C=CC=C1. The predicted molar refractivity (Wildman–Crippen MR) is 160 cm³/mol. The van der Waals surface area contributed by atoms with Crippen molar-refractivity contribution in [2.45, 2.75) is 27.7 Å². The number of rotatable bonds is 2. The molecule has 0 amide bonds. The molecule has 1 aromatic heterocycles. The minimum atomic E-state index is 0.0370. The van der Waals surface area contributed by atoms with Gasteiger partial charge in [-0.05, 0) is 76.3 Å². The first-order chi connectivity index (χ1) is 19.3. The summed E-state index contributed by atoms with van der Waals surface area (Å²) >= 11 is 0. The molecule has 0 saturated heterocycles. The van der Waals surface area contributed by atoms with E-state index in [-0.39, 0.29) is 11.5 Å². The molecule has 40 heavy (non-hydrogen) atoms. The number of allylic oxidation sites excluding steroid dienone is 2. The highest BCUT2D eigenvalue weighted by Gasteiger charge is 2.10. The first-order valence-electron chi connectivity index (χ1n) is 12.9. The topological polar surface area (TPSA) is 92.0 Å². The smallest absolute Gasteiger partial charge is 0.141 e. The van der Waals surface area contributed by atoms with Gasteiger partial charge in [-0.25, -0.2) is 0 Å². The van der Waals surface area contributed by atoms with Crippen LogP contribution in [0.1, 0.15) is 22.8 Å². The van der Waals surface area contributed by atoms with Crippen LogP contribution in [0.3, 0.4) is 0 Å². The summed E-state index contributed by atoms with van der Waals surface area (Å²) < 4.78 is 0. The average Bonchev–Trinajstić information content (AvgIpc) is 3.66. The van der Waals surface area contributed by atoms with E-state index in [0.29, 0.717) is 66.4 Å². The zero-order chi connectivity index (χ0) is 28.2. The normalized spacial score (nSPS) is 12.8. The highest BCUT2D eigenvalue weighted by atomic mass is 16.3.